The van der Waals surface area contributed by atoms with Gasteiger partial charge in [0.2, 0.25) is 15.9 Å². The minimum Gasteiger partial charge on any atom is -0.497 e. The summed E-state index contributed by atoms with van der Waals surface area (Å²) >= 11 is 12.0. The minimum atomic E-state index is -3.81. The molecule has 0 unspecified atom stereocenters. The first-order valence-corrected chi connectivity index (χ1v) is 11.6. The molecule has 0 saturated carbocycles. The van der Waals surface area contributed by atoms with Gasteiger partial charge in [0.15, 0.2) is 0 Å². The van der Waals surface area contributed by atoms with Crippen molar-refractivity contribution in [2.45, 2.75) is 25.9 Å². The summed E-state index contributed by atoms with van der Waals surface area (Å²) in [7, 11) is -0.746. The molecule has 1 N–H and O–H groups in total. The Balaban J connectivity index is 2.34. The zero-order valence-electron chi connectivity index (χ0n) is 17.3. The van der Waals surface area contributed by atoms with E-state index >= 15 is 0 Å². The average Bonchev–Trinajstić information content (AvgIpc) is 2.65. The summed E-state index contributed by atoms with van der Waals surface area (Å²) in [6.07, 6.45) is 1.01. The van der Waals surface area contributed by atoms with Gasteiger partial charge < -0.3 is 14.8 Å². The number of ether oxygens (including phenoxy) is 2. The van der Waals surface area contributed by atoms with Crippen LogP contribution >= 0.6 is 23.2 Å². The Kier molecular flexibility index (Phi) is 7.85. The van der Waals surface area contributed by atoms with Gasteiger partial charge in [-0.25, -0.2) is 8.42 Å². The van der Waals surface area contributed by atoms with E-state index in [0.29, 0.717) is 17.1 Å². The number of halogens is 2. The second-order valence-electron chi connectivity index (χ2n) is 6.70. The molecule has 0 radical (unpaired) electrons. The number of carbonyl (C=O) groups excluding carboxylic acids is 1. The maximum Gasteiger partial charge on any atom is 0.244 e. The first-order valence-electron chi connectivity index (χ1n) is 8.95. The largest absolute Gasteiger partial charge is 0.497 e. The molecule has 0 saturated heterocycles. The molecule has 2 aromatic carbocycles. The normalized spacial score (nSPS) is 13.3. The number of carbonyl (C=O) groups is 1. The van der Waals surface area contributed by atoms with Crippen LogP contribution in [0.25, 0.3) is 0 Å². The highest BCUT2D eigenvalue weighted by Crippen LogP contribution is 2.31. The van der Waals surface area contributed by atoms with Crippen molar-refractivity contribution in [3.63, 3.8) is 0 Å². The van der Waals surface area contributed by atoms with Crippen molar-refractivity contribution in [1.29, 1.82) is 0 Å². The van der Waals surface area contributed by atoms with Crippen molar-refractivity contribution in [3.05, 3.63) is 52.0 Å². The summed E-state index contributed by atoms with van der Waals surface area (Å²) in [5.41, 5.74) is 0.887. The van der Waals surface area contributed by atoms with Crippen molar-refractivity contribution >= 4 is 44.8 Å². The molecule has 1 amide bonds. The lowest BCUT2D eigenvalue weighted by molar-refractivity contribution is -0.122. The standard InChI is InChI=1S/C20H24Cl2N2O5S/c1-12(18-11-17(28-3)6-7-19(18)29-4)23-20(25)13(2)24(30(5,26)27)16-9-14(21)8-15(22)10-16/h6-13H,1-5H3,(H,23,25)/t12-,13+/m1/s1. The van der Waals surface area contributed by atoms with Crippen molar-refractivity contribution in [1.82, 2.24) is 5.32 Å². The summed E-state index contributed by atoms with van der Waals surface area (Å²) < 4.78 is 36.5. The van der Waals surface area contributed by atoms with Crippen LogP contribution in [0.15, 0.2) is 36.4 Å². The zero-order valence-corrected chi connectivity index (χ0v) is 19.6. The van der Waals surface area contributed by atoms with Gasteiger partial charge in [0.25, 0.3) is 0 Å². The van der Waals surface area contributed by atoms with Crippen molar-refractivity contribution in [3.8, 4) is 11.5 Å². The predicted octanol–water partition coefficient (Wildman–Crippen LogP) is 4.04. The van der Waals surface area contributed by atoms with Crippen LogP contribution < -0.4 is 19.1 Å². The number of rotatable bonds is 8. The molecule has 164 valence electrons. The van der Waals surface area contributed by atoms with Crippen molar-refractivity contribution < 1.29 is 22.7 Å². The molecule has 0 heterocycles. The summed E-state index contributed by atoms with van der Waals surface area (Å²) in [5.74, 6) is 0.665. The lowest BCUT2D eigenvalue weighted by Crippen LogP contribution is -2.48. The third-order valence-electron chi connectivity index (χ3n) is 4.45. The summed E-state index contributed by atoms with van der Waals surface area (Å²) in [6.45, 7) is 3.25. The second-order valence-corrected chi connectivity index (χ2v) is 9.43. The predicted molar refractivity (Wildman–Crippen MR) is 119 cm³/mol. The quantitative estimate of drug-likeness (QED) is 0.623. The molecule has 0 fully saturated rings. The highest BCUT2D eigenvalue weighted by atomic mass is 35.5. The van der Waals surface area contributed by atoms with Gasteiger partial charge in [0.1, 0.15) is 17.5 Å². The Morgan fingerprint density at radius 3 is 2.13 bits per heavy atom. The number of benzene rings is 2. The molecule has 0 aliphatic rings. The number of hydrogen-bond acceptors (Lipinski definition) is 5. The first kappa shape index (κ1) is 24.1. The molecule has 0 aliphatic heterocycles. The van der Waals surface area contributed by atoms with Crippen molar-refractivity contribution in [2.75, 3.05) is 24.8 Å². The molecular formula is C20H24Cl2N2O5S. The molecule has 10 heteroatoms. The van der Waals surface area contributed by atoms with Gasteiger partial charge >= 0.3 is 0 Å². The Morgan fingerprint density at radius 1 is 1.03 bits per heavy atom. The summed E-state index contributed by atoms with van der Waals surface area (Å²) in [6, 6.07) is 8.04. The third-order valence-corrected chi connectivity index (χ3v) is 6.13. The van der Waals surface area contributed by atoms with E-state index in [4.69, 9.17) is 32.7 Å². The van der Waals surface area contributed by atoms with Gasteiger partial charge in [-0.15, -0.1) is 0 Å². The maximum absolute atomic E-state index is 13.0. The van der Waals surface area contributed by atoms with Crippen LogP contribution in [0.1, 0.15) is 25.5 Å². The van der Waals surface area contributed by atoms with E-state index in [2.05, 4.69) is 5.32 Å². The van der Waals surface area contributed by atoms with Crippen LogP contribution in [0.3, 0.4) is 0 Å². The number of hydrogen-bond donors (Lipinski definition) is 1. The molecule has 30 heavy (non-hydrogen) atoms. The average molecular weight is 475 g/mol. The van der Waals surface area contributed by atoms with Crippen LogP contribution in [0.4, 0.5) is 5.69 Å². The number of nitrogens with zero attached hydrogens (tertiary/aromatic N) is 1. The van der Waals surface area contributed by atoms with E-state index in [9.17, 15) is 13.2 Å². The number of nitrogens with one attached hydrogen (secondary N) is 1. The number of amides is 1. The molecule has 0 spiro atoms. The van der Waals surface area contributed by atoms with E-state index in [0.717, 1.165) is 10.6 Å². The highest BCUT2D eigenvalue weighted by molar-refractivity contribution is 7.92. The molecule has 7 nitrogen and oxygen atoms in total. The van der Waals surface area contributed by atoms with E-state index in [-0.39, 0.29) is 15.7 Å². The molecular weight excluding hydrogens is 451 g/mol. The number of sulfonamides is 1. The molecule has 0 bridgehead atoms. The minimum absolute atomic E-state index is 0.198. The Morgan fingerprint density at radius 2 is 1.63 bits per heavy atom. The van der Waals surface area contributed by atoms with E-state index in [1.54, 1.807) is 25.1 Å². The zero-order chi connectivity index (χ0) is 22.6. The molecule has 2 atom stereocenters. The Labute approximate surface area is 186 Å². The lowest BCUT2D eigenvalue weighted by atomic mass is 10.1. The molecule has 0 aromatic heterocycles. The number of methoxy groups -OCH3 is 2. The molecule has 2 rings (SSSR count). The van der Waals surface area contributed by atoms with E-state index in [1.165, 1.54) is 39.3 Å². The van der Waals surface area contributed by atoms with Crippen LogP contribution in [0, 0.1) is 0 Å². The third kappa shape index (κ3) is 5.71. The maximum atomic E-state index is 13.0. The fourth-order valence-electron chi connectivity index (χ4n) is 3.06. The van der Waals surface area contributed by atoms with Crippen LogP contribution in [0.2, 0.25) is 10.0 Å². The van der Waals surface area contributed by atoms with Crippen molar-refractivity contribution in [2.24, 2.45) is 0 Å². The summed E-state index contributed by atoms with van der Waals surface area (Å²) in [5, 5.41) is 3.34. The smallest absolute Gasteiger partial charge is 0.244 e. The molecule has 0 aliphatic carbocycles. The van der Waals surface area contributed by atoms with Gasteiger partial charge in [-0.3, -0.25) is 9.10 Å². The topological polar surface area (TPSA) is 84.9 Å². The van der Waals surface area contributed by atoms with Gasteiger partial charge in [-0.1, -0.05) is 23.2 Å². The number of anilines is 1. The van der Waals surface area contributed by atoms with E-state index in [1.807, 2.05) is 0 Å². The van der Waals surface area contributed by atoms with Gasteiger partial charge in [-0.05, 0) is 50.2 Å². The highest BCUT2D eigenvalue weighted by Gasteiger charge is 2.30. The lowest BCUT2D eigenvalue weighted by Gasteiger charge is -2.29. The fourth-order valence-corrected chi connectivity index (χ4v) is 4.74. The van der Waals surface area contributed by atoms with Gasteiger partial charge in [-0.2, -0.15) is 0 Å². The van der Waals surface area contributed by atoms with Crippen LogP contribution in [-0.2, 0) is 14.8 Å². The van der Waals surface area contributed by atoms with Gasteiger partial charge in [0, 0.05) is 15.6 Å². The van der Waals surface area contributed by atoms with Gasteiger partial charge in [0.05, 0.1) is 32.2 Å². The fraction of sp³-hybridized carbons (Fsp3) is 0.350. The van der Waals surface area contributed by atoms with Crippen LogP contribution in [-0.4, -0.2) is 40.8 Å². The van der Waals surface area contributed by atoms with E-state index < -0.39 is 28.0 Å². The first-order chi connectivity index (χ1) is 14.0. The SMILES string of the molecule is COc1ccc(OC)c([C@@H](C)NC(=O)[C@H](C)N(c2cc(Cl)cc(Cl)c2)S(C)(=O)=O)c1. The second kappa shape index (κ2) is 9.76. The Hall–Kier alpha value is -2.16. The van der Waals surface area contributed by atoms with Crippen LogP contribution in [0.5, 0.6) is 11.5 Å². The molecule has 2 aromatic rings. The summed E-state index contributed by atoms with van der Waals surface area (Å²) in [4.78, 5) is 13.0. The monoisotopic (exact) mass is 474 g/mol. The Bertz CT molecular complexity index is 1010.